The Morgan fingerprint density at radius 2 is 1.94 bits per heavy atom. The molecule has 1 aliphatic carbocycles. The van der Waals surface area contributed by atoms with Crippen LogP contribution in [0.3, 0.4) is 0 Å². The minimum absolute atomic E-state index is 0.206. The highest BCUT2D eigenvalue weighted by Gasteiger charge is 2.40. The van der Waals surface area contributed by atoms with Gasteiger partial charge in [0.25, 0.3) is 0 Å². The smallest absolute Gasteiger partial charge is 0.123 e. The van der Waals surface area contributed by atoms with Gasteiger partial charge in [-0.25, -0.2) is 0 Å². The summed E-state index contributed by atoms with van der Waals surface area (Å²) in [4.78, 5) is 0. The molecule has 0 aromatic heterocycles. The first-order valence-electron chi connectivity index (χ1n) is 6.64. The predicted molar refractivity (Wildman–Crippen MR) is 69.7 cm³/mol. The van der Waals surface area contributed by atoms with Crippen molar-refractivity contribution in [1.29, 1.82) is 0 Å². The average Bonchev–Trinajstić information content (AvgIpc) is 2.45. The van der Waals surface area contributed by atoms with Crippen LogP contribution >= 0.6 is 0 Å². The molecule has 2 aliphatic heterocycles. The third-order valence-corrected chi connectivity index (χ3v) is 4.22. The van der Waals surface area contributed by atoms with E-state index in [-0.39, 0.29) is 12.2 Å². The molecule has 4 rings (SSSR count). The van der Waals surface area contributed by atoms with E-state index in [0.717, 1.165) is 12.2 Å². The van der Waals surface area contributed by atoms with Crippen LogP contribution in [0.5, 0.6) is 5.75 Å². The van der Waals surface area contributed by atoms with E-state index in [1.165, 1.54) is 5.56 Å². The van der Waals surface area contributed by atoms with Gasteiger partial charge in [0.15, 0.2) is 0 Å². The lowest BCUT2D eigenvalue weighted by atomic mass is 9.77. The van der Waals surface area contributed by atoms with E-state index in [0.29, 0.717) is 18.4 Å². The summed E-state index contributed by atoms with van der Waals surface area (Å²) in [5, 5.41) is 0. The highest BCUT2D eigenvalue weighted by molar-refractivity contribution is 5.39. The molecule has 4 unspecified atom stereocenters. The van der Waals surface area contributed by atoms with Gasteiger partial charge in [-0.05, 0) is 18.1 Å². The Hall–Kier alpha value is -1.54. The van der Waals surface area contributed by atoms with E-state index < -0.39 is 0 Å². The summed E-state index contributed by atoms with van der Waals surface area (Å²) >= 11 is 0. The Balaban J connectivity index is 1.69. The van der Waals surface area contributed by atoms with Crippen molar-refractivity contribution in [2.24, 2.45) is 5.92 Å². The maximum Gasteiger partial charge on any atom is 0.123 e. The minimum atomic E-state index is 0.206. The highest BCUT2D eigenvalue weighted by Crippen LogP contribution is 2.44. The maximum absolute atomic E-state index is 6.19. The first kappa shape index (κ1) is 10.4. The second-order valence-corrected chi connectivity index (χ2v) is 5.26. The van der Waals surface area contributed by atoms with Gasteiger partial charge < -0.3 is 9.47 Å². The molecule has 18 heavy (non-hydrogen) atoms. The Labute approximate surface area is 107 Å². The van der Waals surface area contributed by atoms with Crippen molar-refractivity contribution in [2.75, 3.05) is 6.61 Å². The normalized spacial score (nSPS) is 36.2. The van der Waals surface area contributed by atoms with Crippen LogP contribution in [0.2, 0.25) is 0 Å². The molecule has 0 bridgehead atoms. The van der Waals surface area contributed by atoms with Crippen LogP contribution in [0.25, 0.3) is 0 Å². The zero-order chi connectivity index (χ0) is 11.9. The number of ether oxygens (including phenoxy) is 2. The lowest BCUT2D eigenvalue weighted by Crippen LogP contribution is -2.44. The van der Waals surface area contributed by atoms with E-state index >= 15 is 0 Å². The summed E-state index contributed by atoms with van der Waals surface area (Å²) < 4.78 is 12.0. The third kappa shape index (κ3) is 1.52. The summed E-state index contributed by atoms with van der Waals surface area (Å²) in [5.74, 6) is 2.03. The van der Waals surface area contributed by atoms with Crippen LogP contribution in [-0.2, 0) is 4.74 Å². The van der Waals surface area contributed by atoms with Gasteiger partial charge >= 0.3 is 0 Å². The van der Waals surface area contributed by atoms with Crippen molar-refractivity contribution in [3.8, 4) is 5.75 Å². The average molecular weight is 240 g/mol. The largest absolute Gasteiger partial charge is 0.491 e. The van der Waals surface area contributed by atoms with Gasteiger partial charge in [0.2, 0.25) is 0 Å². The van der Waals surface area contributed by atoms with Crippen molar-refractivity contribution in [3.05, 3.63) is 54.1 Å². The van der Waals surface area contributed by atoms with Crippen molar-refractivity contribution in [1.82, 2.24) is 0 Å². The van der Waals surface area contributed by atoms with Crippen LogP contribution in [0.1, 0.15) is 17.9 Å². The van der Waals surface area contributed by atoms with Crippen LogP contribution in [0.15, 0.2) is 48.6 Å². The predicted octanol–water partition coefficient (Wildman–Crippen LogP) is 3.06. The van der Waals surface area contributed by atoms with Crippen molar-refractivity contribution in [3.63, 3.8) is 0 Å². The van der Waals surface area contributed by atoms with Gasteiger partial charge in [0.05, 0.1) is 12.2 Å². The lowest BCUT2D eigenvalue weighted by Gasteiger charge is -2.43. The van der Waals surface area contributed by atoms with E-state index in [2.05, 4.69) is 42.5 Å². The first-order valence-corrected chi connectivity index (χ1v) is 6.64. The molecule has 2 heteroatoms. The molecule has 3 aliphatic rings. The molecule has 0 N–H and O–H groups in total. The van der Waals surface area contributed by atoms with Crippen molar-refractivity contribution >= 4 is 0 Å². The summed E-state index contributed by atoms with van der Waals surface area (Å²) in [6.45, 7) is 0.683. The highest BCUT2D eigenvalue weighted by atomic mass is 16.5. The Bertz CT molecular complexity index is 518. The summed E-state index contributed by atoms with van der Waals surface area (Å²) in [6, 6.07) is 8.37. The van der Waals surface area contributed by atoms with Gasteiger partial charge in [-0.3, -0.25) is 0 Å². The lowest BCUT2D eigenvalue weighted by molar-refractivity contribution is -0.0867. The Kier molecular flexibility index (Phi) is 2.30. The van der Waals surface area contributed by atoms with Gasteiger partial charge in [0, 0.05) is 11.8 Å². The fraction of sp³-hybridized carbons (Fsp3) is 0.375. The molecule has 2 nitrogen and oxygen atoms in total. The molecule has 1 aromatic rings. The van der Waals surface area contributed by atoms with Crippen LogP contribution in [-0.4, -0.2) is 18.8 Å². The van der Waals surface area contributed by atoms with Gasteiger partial charge in [0.1, 0.15) is 12.4 Å². The van der Waals surface area contributed by atoms with E-state index in [9.17, 15) is 0 Å². The van der Waals surface area contributed by atoms with Crippen molar-refractivity contribution < 1.29 is 9.47 Å². The monoisotopic (exact) mass is 240 g/mol. The molecule has 0 saturated carbocycles. The molecule has 92 valence electrons. The molecule has 0 spiro atoms. The molecule has 1 aromatic carbocycles. The topological polar surface area (TPSA) is 18.5 Å². The van der Waals surface area contributed by atoms with Gasteiger partial charge in [-0.15, -0.1) is 0 Å². The summed E-state index contributed by atoms with van der Waals surface area (Å²) in [6.07, 6.45) is 10.3. The molecular weight excluding hydrogens is 224 g/mol. The number of rotatable bonds is 0. The quantitative estimate of drug-likeness (QED) is 0.694. The van der Waals surface area contributed by atoms with Crippen molar-refractivity contribution in [2.45, 2.75) is 24.5 Å². The maximum atomic E-state index is 6.19. The number of allylic oxidation sites excluding steroid dienone is 2. The van der Waals surface area contributed by atoms with Crippen LogP contribution < -0.4 is 4.74 Å². The zero-order valence-corrected chi connectivity index (χ0v) is 10.2. The molecule has 0 radical (unpaired) electrons. The molecule has 0 amide bonds. The van der Waals surface area contributed by atoms with E-state index in [1.807, 2.05) is 6.07 Å². The SMILES string of the molecule is C1=CC2CC3c4ccccc4OCC3OC2C=C1. The van der Waals surface area contributed by atoms with Gasteiger partial charge in [-0.2, -0.15) is 0 Å². The summed E-state index contributed by atoms with van der Waals surface area (Å²) in [5.41, 5.74) is 1.31. The minimum Gasteiger partial charge on any atom is -0.491 e. The standard InChI is InChI=1S/C16H16O2/c1-3-7-14-11(5-1)9-13-12-6-2-4-8-15(12)17-10-16(13)18-14/h1-8,11,13-14,16H,9-10H2. The number of para-hydroxylation sites is 1. The second kappa shape index (κ2) is 3.99. The second-order valence-electron chi connectivity index (χ2n) is 5.26. The molecule has 2 heterocycles. The zero-order valence-electron chi connectivity index (χ0n) is 10.2. The Morgan fingerprint density at radius 1 is 1.06 bits per heavy atom. The number of benzene rings is 1. The third-order valence-electron chi connectivity index (χ3n) is 4.22. The molecule has 1 fully saturated rings. The molecule has 4 atom stereocenters. The number of hydrogen-bond acceptors (Lipinski definition) is 2. The van der Waals surface area contributed by atoms with E-state index in [1.54, 1.807) is 0 Å². The fourth-order valence-corrected chi connectivity index (χ4v) is 3.31. The Morgan fingerprint density at radius 3 is 2.94 bits per heavy atom. The van der Waals surface area contributed by atoms with Gasteiger partial charge in [-0.1, -0.05) is 42.5 Å². The van der Waals surface area contributed by atoms with Crippen LogP contribution in [0, 0.1) is 5.92 Å². The molecule has 1 saturated heterocycles. The first-order chi connectivity index (χ1) is 8.92. The number of hydrogen-bond donors (Lipinski definition) is 0. The number of fused-ring (bicyclic) bond motifs is 4. The summed E-state index contributed by atoms with van der Waals surface area (Å²) in [7, 11) is 0. The molecular formula is C16H16O2. The fourth-order valence-electron chi connectivity index (χ4n) is 3.31. The van der Waals surface area contributed by atoms with E-state index in [4.69, 9.17) is 9.47 Å². The van der Waals surface area contributed by atoms with Crippen LogP contribution in [0.4, 0.5) is 0 Å².